The van der Waals surface area contributed by atoms with Gasteiger partial charge in [-0.25, -0.2) is 0 Å². The van der Waals surface area contributed by atoms with Gasteiger partial charge in [0.1, 0.15) is 0 Å². The number of thioether (sulfide) groups is 1. The first-order chi connectivity index (χ1) is 13.1. The number of nitrogens with one attached hydrogen (secondary N) is 2. The predicted molar refractivity (Wildman–Crippen MR) is 114 cm³/mol. The summed E-state index contributed by atoms with van der Waals surface area (Å²) >= 11 is 1.64. The van der Waals surface area contributed by atoms with Crippen LogP contribution in [-0.2, 0) is 11.2 Å². The molecular weight excluding hydrogens is 356 g/mol. The van der Waals surface area contributed by atoms with Gasteiger partial charge in [0.15, 0.2) is 0 Å². The van der Waals surface area contributed by atoms with Crippen molar-refractivity contribution < 1.29 is 9.59 Å². The number of carbonyl (C=O) groups is 2. The number of hydrogen-bond acceptors (Lipinski definition) is 3. The van der Waals surface area contributed by atoms with Gasteiger partial charge in [0.05, 0.1) is 16.5 Å². The van der Waals surface area contributed by atoms with Crippen molar-refractivity contribution >= 4 is 29.3 Å². The van der Waals surface area contributed by atoms with Crippen LogP contribution >= 0.6 is 11.8 Å². The van der Waals surface area contributed by atoms with E-state index >= 15 is 0 Å². The number of carbonyl (C=O) groups excluding carboxylic acids is 2. The molecule has 2 aromatic carbocycles. The highest BCUT2D eigenvalue weighted by molar-refractivity contribution is 8.00. The van der Waals surface area contributed by atoms with Gasteiger partial charge < -0.3 is 10.6 Å². The molecular formula is C22H28N2O2S. The maximum atomic E-state index is 12.6. The second-order valence-electron chi connectivity index (χ2n) is 6.39. The van der Waals surface area contributed by atoms with E-state index in [9.17, 15) is 9.59 Å². The summed E-state index contributed by atoms with van der Waals surface area (Å²) in [5.74, 6) is 0.723. The zero-order valence-corrected chi connectivity index (χ0v) is 16.9. The van der Waals surface area contributed by atoms with E-state index in [1.165, 1.54) is 5.56 Å². The van der Waals surface area contributed by atoms with Gasteiger partial charge in [0, 0.05) is 6.54 Å². The Morgan fingerprint density at radius 2 is 1.74 bits per heavy atom. The van der Waals surface area contributed by atoms with E-state index in [0.29, 0.717) is 17.8 Å². The van der Waals surface area contributed by atoms with Crippen LogP contribution < -0.4 is 10.6 Å². The Kier molecular flexibility index (Phi) is 8.92. The molecule has 27 heavy (non-hydrogen) atoms. The molecule has 0 aromatic heterocycles. The number of benzene rings is 2. The average Bonchev–Trinajstić information content (AvgIpc) is 2.69. The van der Waals surface area contributed by atoms with Crippen LogP contribution in [0.15, 0.2) is 54.6 Å². The minimum Gasteiger partial charge on any atom is -0.352 e. The Balaban J connectivity index is 1.91. The van der Waals surface area contributed by atoms with Gasteiger partial charge in [-0.3, -0.25) is 9.59 Å². The molecule has 5 heteroatoms. The van der Waals surface area contributed by atoms with Crippen LogP contribution in [0.1, 0.15) is 42.6 Å². The second kappa shape index (κ2) is 11.4. The normalized spacial score (nSPS) is 11.6. The molecule has 0 radical (unpaired) electrons. The van der Waals surface area contributed by atoms with Crippen molar-refractivity contribution in [2.45, 2.75) is 38.4 Å². The highest BCUT2D eigenvalue weighted by Gasteiger charge is 2.17. The largest absolute Gasteiger partial charge is 0.352 e. The summed E-state index contributed by atoms with van der Waals surface area (Å²) < 4.78 is 0. The lowest BCUT2D eigenvalue weighted by Gasteiger charge is -2.14. The fourth-order valence-electron chi connectivity index (χ4n) is 2.56. The molecule has 144 valence electrons. The van der Waals surface area contributed by atoms with Gasteiger partial charge in [-0.15, -0.1) is 11.8 Å². The van der Waals surface area contributed by atoms with Gasteiger partial charge >= 0.3 is 0 Å². The highest BCUT2D eigenvalue weighted by Crippen LogP contribution is 2.19. The van der Waals surface area contributed by atoms with Gasteiger partial charge in [-0.2, -0.15) is 0 Å². The van der Waals surface area contributed by atoms with Gasteiger partial charge in [0.25, 0.3) is 5.91 Å². The minimum atomic E-state index is -0.173. The van der Waals surface area contributed by atoms with Crippen LogP contribution in [0.4, 0.5) is 5.69 Å². The second-order valence-corrected chi connectivity index (χ2v) is 7.84. The molecule has 0 aliphatic rings. The number of para-hydroxylation sites is 1. The molecule has 0 aliphatic carbocycles. The van der Waals surface area contributed by atoms with E-state index in [1.807, 2.05) is 43.3 Å². The molecule has 2 rings (SSSR count). The molecule has 2 aromatic rings. The van der Waals surface area contributed by atoms with Crippen molar-refractivity contribution in [3.63, 3.8) is 0 Å². The van der Waals surface area contributed by atoms with E-state index < -0.39 is 0 Å². The standard InChI is InChI=1S/C22H28N2O2S/c1-3-4-16-27-17(2)21(25)24-20-13-9-8-12-19(20)22(26)23-15-14-18-10-6-5-7-11-18/h5-13,17H,3-4,14-16H2,1-2H3,(H,23,26)(H,24,25). The summed E-state index contributed by atoms with van der Waals surface area (Å²) in [5, 5.41) is 5.69. The molecule has 0 heterocycles. The first-order valence-electron chi connectivity index (χ1n) is 9.45. The maximum Gasteiger partial charge on any atom is 0.253 e. The first-order valence-corrected chi connectivity index (χ1v) is 10.5. The third-order valence-electron chi connectivity index (χ3n) is 4.21. The summed E-state index contributed by atoms with van der Waals surface area (Å²) in [5.41, 5.74) is 2.23. The molecule has 0 aliphatic heterocycles. The Morgan fingerprint density at radius 1 is 1.04 bits per heavy atom. The predicted octanol–water partition coefficient (Wildman–Crippen LogP) is 4.52. The van der Waals surface area contributed by atoms with Crippen LogP contribution in [-0.4, -0.2) is 29.4 Å². The smallest absolute Gasteiger partial charge is 0.253 e. The highest BCUT2D eigenvalue weighted by atomic mass is 32.2. The third-order valence-corrected chi connectivity index (χ3v) is 5.45. The summed E-state index contributed by atoms with van der Waals surface area (Å²) in [7, 11) is 0. The Bertz CT molecular complexity index is 734. The van der Waals surface area contributed by atoms with Crippen LogP contribution in [0.3, 0.4) is 0 Å². The van der Waals surface area contributed by atoms with Gasteiger partial charge in [0.2, 0.25) is 5.91 Å². The van der Waals surface area contributed by atoms with E-state index in [2.05, 4.69) is 17.6 Å². The lowest BCUT2D eigenvalue weighted by molar-refractivity contribution is -0.115. The van der Waals surface area contributed by atoms with E-state index in [4.69, 9.17) is 0 Å². The number of anilines is 1. The zero-order chi connectivity index (χ0) is 19.5. The molecule has 1 unspecified atom stereocenters. The van der Waals surface area contributed by atoms with Crippen molar-refractivity contribution in [1.29, 1.82) is 0 Å². The molecule has 0 fully saturated rings. The van der Waals surface area contributed by atoms with Crippen LogP contribution in [0.5, 0.6) is 0 Å². The first kappa shape index (κ1) is 21.0. The number of rotatable bonds is 10. The third kappa shape index (κ3) is 7.10. The fraction of sp³-hybridized carbons (Fsp3) is 0.364. The topological polar surface area (TPSA) is 58.2 Å². The lowest BCUT2D eigenvalue weighted by Crippen LogP contribution is -2.28. The molecule has 2 N–H and O–H groups in total. The summed E-state index contributed by atoms with van der Waals surface area (Å²) in [4.78, 5) is 25.0. The molecule has 4 nitrogen and oxygen atoms in total. The Morgan fingerprint density at radius 3 is 2.48 bits per heavy atom. The van der Waals surface area contributed by atoms with E-state index in [0.717, 1.165) is 25.0 Å². The van der Waals surface area contributed by atoms with Crippen molar-refractivity contribution in [3.8, 4) is 0 Å². The Labute approximate surface area is 166 Å². The quantitative estimate of drug-likeness (QED) is 0.592. The van der Waals surface area contributed by atoms with E-state index in [-0.39, 0.29) is 17.1 Å². The number of hydrogen-bond donors (Lipinski definition) is 2. The van der Waals surface area contributed by atoms with Crippen LogP contribution in [0.25, 0.3) is 0 Å². The monoisotopic (exact) mass is 384 g/mol. The summed E-state index contributed by atoms with van der Waals surface area (Å²) in [6, 6.07) is 17.2. The SMILES string of the molecule is CCCCSC(C)C(=O)Nc1ccccc1C(=O)NCCc1ccccc1. The number of unbranched alkanes of at least 4 members (excludes halogenated alkanes) is 1. The molecule has 0 bridgehead atoms. The minimum absolute atomic E-state index is 0.0689. The van der Waals surface area contributed by atoms with Crippen molar-refractivity contribution in [3.05, 3.63) is 65.7 Å². The molecule has 0 spiro atoms. The Hall–Kier alpha value is -2.27. The van der Waals surface area contributed by atoms with Crippen molar-refractivity contribution in [2.24, 2.45) is 0 Å². The zero-order valence-electron chi connectivity index (χ0n) is 16.0. The van der Waals surface area contributed by atoms with Crippen LogP contribution in [0.2, 0.25) is 0 Å². The summed E-state index contributed by atoms with van der Waals surface area (Å²) in [6.45, 7) is 4.59. The van der Waals surface area contributed by atoms with Gasteiger partial charge in [-0.1, -0.05) is 55.8 Å². The summed E-state index contributed by atoms with van der Waals surface area (Å²) in [6.07, 6.45) is 2.99. The molecule has 0 saturated carbocycles. The van der Waals surface area contributed by atoms with Crippen LogP contribution in [0, 0.1) is 0 Å². The van der Waals surface area contributed by atoms with E-state index in [1.54, 1.807) is 30.0 Å². The van der Waals surface area contributed by atoms with Crippen molar-refractivity contribution in [2.75, 3.05) is 17.6 Å². The average molecular weight is 385 g/mol. The molecule has 2 amide bonds. The maximum absolute atomic E-state index is 12.6. The van der Waals surface area contributed by atoms with Gasteiger partial charge in [-0.05, 0) is 43.2 Å². The van der Waals surface area contributed by atoms with Crippen molar-refractivity contribution in [1.82, 2.24) is 5.32 Å². The molecule has 1 atom stereocenters. The molecule has 0 saturated heterocycles. The fourth-order valence-corrected chi connectivity index (χ4v) is 3.58. The lowest BCUT2D eigenvalue weighted by atomic mass is 10.1. The number of amides is 2.